The highest BCUT2D eigenvalue weighted by Gasteiger charge is 2.48. The molecule has 16 heavy (non-hydrogen) atoms. The van der Waals surface area contributed by atoms with E-state index >= 15 is 0 Å². The van der Waals surface area contributed by atoms with Gasteiger partial charge in [-0.05, 0) is 35.2 Å². The Morgan fingerprint density at radius 3 is 2.88 bits per heavy atom. The van der Waals surface area contributed by atoms with Gasteiger partial charge >= 0.3 is 5.97 Å². The van der Waals surface area contributed by atoms with Crippen LogP contribution in [0.1, 0.15) is 12.0 Å². The first-order valence-corrected chi connectivity index (χ1v) is 6.14. The van der Waals surface area contributed by atoms with Gasteiger partial charge in [-0.1, -0.05) is 0 Å². The molecule has 86 valence electrons. The van der Waals surface area contributed by atoms with Crippen LogP contribution in [0.25, 0.3) is 0 Å². The van der Waals surface area contributed by atoms with E-state index in [0.717, 1.165) is 6.42 Å². The minimum Gasteiger partial charge on any atom is -0.481 e. The Kier molecular flexibility index (Phi) is 3.24. The molecule has 1 amide bonds. The standard InChI is InChI=1S/C11H13NO3S/c13-10(8-5-9(8)11(14)15)12-3-1-7-2-4-16-6-7/h2,4,6,8-9H,1,3,5H2,(H,12,13)(H,14,15). The molecule has 5 heteroatoms. The van der Waals surface area contributed by atoms with Crippen molar-refractivity contribution in [2.45, 2.75) is 12.8 Å². The molecule has 1 aromatic heterocycles. The molecule has 0 saturated heterocycles. The first-order valence-electron chi connectivity index (χ1n) is 5.20. The van der Waals surface area contributed by atoms with Crippen LogP contribution in [-0.4, -0.2) is 23.5 Å². The predicted octanol–water partition coefficient (Wildman–Crippen LogP) is 1.13. The maximum atomic E-state index is 11.5. The largest absolute Gasteiger partial charge is 0.481 e. The Bertz CT molecular complexity index is 388. The van der Waals surface area contributed by atoms with Crippen LogP contribution in [0.2, 0.25) is 0 Å². The van der Waals surface area contributed by atoms with E-state index in [1.54, 1.807) is 11.3 Å². The molecule has 4 nitrogen and oxygen atoms in total. The van der Waals surface area contributed by atoms with Crippen LogP contribution in [0, 0.1) is 11.8 Å². The topological polar surface area (TPSA) is 66.4 Å². The summed E-state index contributed by atoms with van der Waals surface area (Å²) in [5.41, 5.74) is 1.20. The van der Waals surface area contributed by atoms with Gasteiger partial charge in [0.1, 0.15) is 0 Å². The fourth-order valence-corrected chi connectivity index (χ4v) is 2.36. The zero-order valence-electron chi connectivity index (χ0n) is 8.68. The molecule has 1 aliphatic carbocycles. The summed E-state index contributed by atoms with van der Waals surface area (Å²) in [6.45, 7) is 0.582. The molecule has 0 radical (unpaired) electrons. The molecule has 2 atom stereocenters. The van der Waals surface area contributed by atoms with E-state index in [-0.39, 0.29) is 11.8 Å². The van der Waals surface area contributed by atoms with E-state index in [0.29, 0.717) is 13.0 Å². The lowest BCUT2D eigenvalue weighted by Gasteiger charge is -2.02. The number of carboxylic acids is 1. The van der Waals surface area contributed by atoms with Crippen LogP contribution in [0.15, 0.2) is 16.8 Å². The van der Waals surface area contributed by atoms with Gasteiger partial charge in [-0.2, -0.15) is 11.3 Å². The van der Waals surface area contributed by atoms with Gasteiger partial charge in [-0.3, -0.25) is 9.59 Å². The summed E-state index contributed by atoms with van der Waals surface area (Å²) in [5, 5.41) is 15.5. The zero-order valence-corrected chi connectivity index (χ0v) is 9.50. The van der Waals surface area contributed by atoms with E-state index in [9.17, 15) is 9.59 Å². The molecular weight excluding hydrogens is 226 g/mol. The lowest BCUT2D eigenvalue weighted by molar-refractivity contribution is -0.140. The number of aliphatic carboxylic acids is 1. The SMILES string of the molecule is O=C(O)C1CC1C(=O)NCCc1ccsc1. The lowest BCUT2D eigenvalue weighted by atomic mass is 10.2. The number of hydrogen-bond donors (Lipinski definition) is 2. The Morgan fingerprint density at radius 1 is 1.50 bits per heavy atom. The van der Waals surface area contributed by atoms with Crippen LogP contribution in [0.5, 0.6) is 0 Å². The number of carbonyl (C=O) groups excluding carboxylic acids is 1. The van der Waals surface area contributed by atoms with Crippen LogP contribution in [0.4, 0.5) is 0 Å². The number of carbonyl (C=O) groups is 2. The van der Waals surface area contributed by atoms with Gasteiger partial charge in [0, 0.05) is 6.54 Å². The Balaban J connectivity index is 1.68. The van der Waals surface area contributed by atoms with Crippen LogP contribution >= 0.6 is 11.3 Å². The lowest BCUT2D eigenvalue weighted by Crippen LogP contribution is -2.28. The highest BCUT2D eigenvalue weighted by molar-refractivity contribution is 7.07. The van der Waals surface area contributed by atoms with Crippen molar-refractivity contribution < 1.29 is 14.7 Å². The smallest absolute Gasteiger partial charge is 0.307 e. The number of amides is 1. The molecule has 0 bridgehead atoms. The third kappa shape index (κ3) is 2.61. The normalized spacial score (nSPS) is 22.8. The molecule has 1 heterocycles. The number of thiophene rings is 1. The molecule has 2 unspecified atom stereocenters. The van der Waals surface area contributed by atoms with Gasteiger partial charge < -0.3 is 10.4 Å². The Morgan fingerprint density at radius 2 is 2.31 bits per heavy atom. The fraction of sp³-hybridized carbons (Fsp3) is 0.455. The summed E-state index contributed by atoms with van der Waals surface area (Å²) >= 11 is 1.63. The van der Waals surface area contributed by atoms with Crippen LogP contribution in [0.3, 0.4) is 0 Å². The summed E-state index contributed by atoms with van der Waals surface area (Å²) < 4.78 is 0. The molecule has 2 rings (SSSR count). The van der Waals surface area contributed by atoms with Crippen molar-refractivity contribution in [1.29, 1.82) is 0 Å². The van der Waals surface area contributed by atoms with Crippen molar-refractivity contribution in [3.63, 3.8) is 0 Å². The molecule has 0 spiro atoms. The van der Waals surface area contributed by atoms with Crippen LogP contribution in [-0.2, 0) is 16.0 Å². The summed E-state index contributed by atoms with van der Waals surface area (Å²) in [7, 11) is 0. The second-order valence-electron chi connectivity index (χ2n) is 3.96. The highest BCUT2D eigenvalue weighted by Crippen LogP contribution is 2.38. The summed E-state index contributed by atoms with van der Waals surface area (Å²) in [4.78, 5) is 22.0. The maximum absolute atomic E-state index is 11.5. The Labute approximate surface area is 97.3 Å². The zero-order chi connectivity index (χ0) is 11.5. The van der Waals surface area contributed by atoms with Crippen molar-refractivity contribution in [3.05, 3.63) is 22.4 Å². The first kappa shape index (κ1) is 11.1. The van der Waals surface area contributed by atoms with Crippen LogP contribution < -0.4 is 5.32 Å². The van der Waals surface area contributed by atoms with Gasteiger partial charge in [-0.25, -0.2) is 0 Å². The van der Waals surface area contributed by atoms with Gasteiger partial charge in [0.15, 0.2) is 0 Å². The summed E-state index contributed by atoms with van der Waals surface area (Å²) in [5.74, 6) is -1.75. The molecule has 1 aromatic rings. The molecule has 1 saturated carbocycles. The molecule has 2 N–H and O–H groups in total. The van der Waals surface area contributed by atoms with Gasteiger partial charge in [0.2, 0.25) is 5.91 Å². The van der Waals surface area contributed by atoms with E-state index in [1.807, 2.05) is 16.8 Å². The fourth-order valence-electron chi connectivity index (χ4n) is 1.65. The predicted molar refractivity (Wildman–Crippen MR) is 60.3 cm³/mol. The molecule has 1 fully saturated rings. The number of hydrogen-bond acceptors (Lipinski definition) is 3. The number of rotatable bonds is 5. The summed E-state index contributed by atoms with van der Waals surface area (Å²) in [6, 6.07) is 2.02. The van der Waals surface area contributed by atoms with Crippen molar-refractivity contribution in [2.24, 2.45) is 11.8 Å². The molecule has 0 aromatic carbocycles. The quantitative estimate of drug-likeness (QED) is 0.809. The Hall–Kier alpha value is -1.36. The van der Waals surface area contributed by atoms with Gasteiger partial charge in [-0.15, -0.1) is 0 Å². The van der Waals surface area contributed by atoms with E-state index in [1.165, 1.54) is 5.56 Å². The molecule has 0 aliphatic heterocycles. The average Bonchev–Trinajstić information content (AvgIpc) is 2.90. The van der Waals surface area contributed by atoms with Crippen molar-refractivity contribution in [3.8, 4) is 0 Å². The monoisotopic (exact) mass is 239 g/mol. The highest BCUT2D eigenvalue weighted by atomic mass is 32.1. The number of carboxylic acid groups (broad SMARTS) is 1. The van der Waals surface area contributed by atoms with Gasteiger partial charge in [0.25, 0.3) is 0 Å². The third-order valence-electron chi connectivity index (χ3n) is 2.74. The van der Waals surface area contributed by atoms with Crippen molar-refractivity contribution in [1.82, 2.24) is 5.32 Å². The molecule has 1 aliphatic rings. The second kappa shape index (κ2) is 4.65. The van der Waals surface area contributed by atoms with E-state index in [4.69, 9.17) is 5.11 Å². The van der Waals surface area contributed by atoms with Crippen molar-refractivity contribution >= 4 is 23.2 Å². The first-order chi connectivity index (χ1) is 7.68. The number of nitrogens with one attached hydrogen (secondary N) is 1. The second-order valence-corrected chi connectivity index (χ2v) is 4.74. The minimum atomic E-state index is -0.863. The van der Waals surface area contributed by atoms with Crippen molar-refractivity contribution in [2.75, 3.05) is 6.54 Å². The average molecular weight is 239 g/mol. The third-order valence-corrected chi connectivity index (χ3v) is 3.47. The molecular formula is C11H13NO3S. The van der Waals surface area contributed by atoms with E-state index < -0.39 is 11.9 Å². The van der Waals surface area contributed by atoms with Gasteiger partial charge in [0.05, 0.1) is 11.8 Å². The summed E-state index contributed by atoms with van der Waals surface area (Å²) in [6.07, 6.45) is 1.29. The van der Waals surface area contributed by atoms with E-state index in [2.05, 4.69) is 5.32 Å². The minimum absolute atomic E-state index is 0.123. The maximum Gasteiger partial charge on any atom is 0.307 e.